The maximum absolute atomic E-state index is 12.1. The van der Waals surface area contributed by atoms with Gasteiger partial charge in [0.1, 0.15) is 0 Å². The molecule has 0 saturated carbocycles. The van der Waals surface area contributed by atoms with Crippen LogP contribution in [-0.2, 0) is 9.59 Å². The number of nitrogens with one attached hydrogen (secondary N) is 2. The van der Waals surface area contributed by atoms with Crippen molar-refractivity contribution in [2.45, 2.75) is 78.9 Å². The van der Waals surface area contributed by atoms with Gasteiger partial charge in [-0.2, -0.15) is 0 Å². The van der Waals surface area contributed by atoms with Crippen LogP contribution in [-0.4, -0.2) is 34.6 Å². The average Bonchev–Trinajstić information content (AvgIpc) is 2.27. The molecule has 0 fully saturated rings. The third kappa shape index (κ3) is 4.78. The van der Waals surface area contributed by atoms with Crippen molar-refractivity contribution in [3.05, 3.63) is 0 Å². The van der Waals surface area contributed by atoms with Gasteiger partial charge in [-0.05, 0) is 48.0 Å². The standard InChI is InChI=1S/C15H30N2O3/c1-8-9-10(2)16-12(18)11(3)17-15(6,7)14(4,5)13(19)20/h10-11,17H,8-9H2,1-7H3,(H,16,18)(H,19,20). The molecule has 118 valence electrons. The summed E-state index contributed by atoms with van der Waals surface area (Å²) in [6.07, 6.45) is 1.95. The molecule has 0 radical (unpaired) electrons. The molecule has 0 rings (SSSR count). The Morgan fingerprint density at radius 2 is 1.65 bits per heavy atom. The highest BCUT2D eigenvalue weighted by Gasteiger charge is 2.44. The van der Waals surface area contributed by atoms with Crippen LogP contribution in [0, 0.1) is 5.41 Å². The van der Waals surface area contributed by atoms with Crippen molar-refractivity contribution < 1.29 is 14.7 Å². The Hall–Kier alpha value is -1.10. The van der Waals surface area contributed by atoms with E-state index < -0.39 is 23.0 Å². The predicted octanol–water partition coefficient (Wildman–Crippen LogP) is 2.16. The lowest BCUT2D eigenvalue weighted by Crippen LogP contribution is -2.60. The molecule has 20 heavy (non-hydrogen) atoms. The molecule has 0 aliphatic heterocycles. The van der Waals surface area contributed by atoms with Gasteiger partial charge >= 0.3 is 5.97 Å². The highest BCUT2D eigenvalue weighted by Crippen LogP contribution is 2.31. The number of hydrogen-bond donors (Lipinski definition) is 3. The summed E-state index contributed by atoms with van der Waals surface area (Å²) in [6, 6.07) is -0.310. The largest absolute Gasteiger partial charge is 0.481 e. The molecule has 0 heterocycles. The average molecular weight is 286 g/mol. The molecule has 5 heteroatoms. The van der Waals surface area contributed by atoms with E-state index in [1.807, 2.05) is 6.92 Å². The fraction of sp³-hybridized carbons (Fsp3) is 0.867. The van der Waals surface area contributed by atoms with E-state index >= 15 is 0 Å². The van der Waals surface area contributed by atoms with Crippen LogP contribution >= 0.6 is 0 Å². The molecule has 5 nitrogen and oxygen atoms in total. The first-order valence-electron chi connectivity index (χ1n) is 7.27. The van der Waals surface area contributed by atoms with E-state index in [4.69, 9.17) is 0 Å². The smallest absolute Gasteiger partial charge is 0.310 e. The zero-order valence-corrected chi connectivity index (χ0v) is 13.8. The quantitative estimate of drug-likeness (QED) is 0.639. The molecule has 2 atom stereocenters. The summed E-state index contributed by atoms with van der Waals surface area (Å²) in [5.74, 6) is -0.984. The zero-order valence-electron chi connectivity index (χ0n) is 13.8. The predicted molar refractivity (Wildman–Crippen MR) is 80.6 cm³/mol. The summed E-state index contributed by atoms with van der Waals surface area (Å²) in [5.41, 5.74) is -1.68. The van der Waals surface area contributed by atoms with Crippen LogP contribution in [0.2, 0.25) is 0 Å². The van der Waals surface area contributed by atoms with Gasteiger partial charge < -0.3 is 10.4 Å². The second-order valence-corrected chi connectivity index (χ2v) is 6.62. The second kappa shape index (κ2) is 7.07. The minimum Gasteiger partial charge on any atom is -0.481 e. The number of carbonyl (C=O) groups excluding carboxylic acids is 1. The Bertz CT molecular complexity index is 351. The van der Waals surface area contributed by atoms with Gasteiger partial charge in [0.05, 0.1) is 11.5 Å². The van der Waals surface area contributed by atoms with Crippen LogP contribution < -0.4 is 10.6 Å². The van der Waals surface area contributed by atoms with Gasteiger partial charge in [0.15, 0.2) is 0 Å². The summed E-state index contributed by atoms with van der Waals surface area (Å²) in [7, 11) is 0. The lowest BCUT2D eigenvalue weighted by atomic mass is 9.74. The molecule has 3 N–H and O–H groups in total. The molecule has 0 saturated heterocycles. The van der Waals surface area contributed by atoms with Crippen molar-refractivity contribution in [2.75, 3.05) is 0 Å². The zero-order chi connectivity index (χ0) is 16.1. The normalized spacial score (nSPS) is 15.6. The maximum Gasteiger partial charge on any atom is 0.310 e. The first-order valence-corrected chi connectivity index (χ1v) is 7.27. The summed E-state index contributed by atoms with van der Waals surface area (Å²) in [4.78, 5) is 23.4. The van der Waals surface area contributed by atoms with E-state index in [2.05, 4.69) is 17.6 Å². The van der Waals surface area contributed by atoms with Crippen molar-refractivity contribution in [1.29, 1.82) is 0 Å². The van der Waals surface area contributed by atoms with E-state index in [0.29, 0.717) is 0 Å². The molecule has 0 bridgehead atoms. The highest BCUT2D eigenvalue weighted by molar-refractivity contribution is 5.82. The summed E-state index contributed by atoms with van der Waals surface area (Å²) in [6.45, 7) is 12.7. The van der Waals surface area contributed by atoms with Gasteiger partial charge in [-0.1, -0.05) is 13.3 Å². The van der Waals surface area contributed by atoms with Crippen LogP contribution in [0.25, 0.3) is 0 Å². The Morgan fingerprint density at radius 3 is 2.05 bits per heavy atom. The van der Waals surface area contributed by atoms with E-state index in [0.717, 1.165) is 12.8 Å². The Labute approximate surface area is 122 Å². The highest BCUT2D eigenvalue weighted by atomic mass is 16.4. The van der Waals surface area contributed by atoms with Crippen molar-refractivity contribution >= 4 is 11.9 Å². The number of aliphatic carboxylic acids is 1. The van der Waals surface area contributed by atoms with Crippen molar-refractivity contribution in [3.8, 4) is 0 Å². The molecular formula is C15H30N2O3. The molecule has 0 spiro atoms. The topological polar surface area (TPSA) is 78.4 Å². The summed E-state index contributed by atoms with van der Waals surface area (Å²) < 4.78 is 0. The first kappa shape index (κ1) is 18.9. The van der Waals surface area contributed by atoms with Crippen LogP contribution in [0.1, 0.15) is 61.3 Å². The number of carbonyl (C=O) groups is 2. The number of carboxylic acid groups (broad SMARTS) is 1. The van der Waals surface area contributed by atoms with Gasteiger partial charge in [0, 0.05) is 11.6 Å². The lowest BCUT2D eigenvalue weighted by molar-refractivity contribution is -0.151. The summed E-state index contributed by atoms with van der Waals surface area (Å²) in [5, 5.41) is 15.4. The van der Waals surface area contributed by atoms with Crippen LogP contribution in [0.15, 0.2) is 0 Å². The van der Waals surface area contributed by atoms with Crippen LogP contribution in [0.3, 0.4) is 0 Å². The number of hydrogen-bond acceptors (Lipinski definition) is 3. The number of carboxylic acids is 1. The van der Waals surface area contributed by atoms with E-state index in [1.54, 1.807) is 34.6 Å². The molecule has 0 aliphatic carbocycles. The molecule has 1 amide bonds. The van der Waals surface area contributed by atoms with Crippen molar-refractivity contribution in [3.63, 3.8) is 0 Å². The molecule has 2 unspecified atom stereocenters. The first-order chi connectivity index (χ1) is 8.95. The number of amides is 1. The maximum atomic E-state index is 12.1. The van der Waals surface area contributed by atoms with Gasteiger partial charge in [-0.3, -0.25) is 14.9 Å². The van der Waals surface area contributed by atoms with Crippen molar-refractivity contribution in [1.82, 2.24) is 10.6 Å². The Morgan fingerprint density at radius 1 is 1.15 bits per heavy atom. The third-order valence-corrected chi connectivity index (χ3v) is 4.18. The van der Waals surface area contributed by atoms with Gasteiger partial charge in [0.2, 0.25) is 5.91 Å². The third-order valence-electron chi connectivity index (χ3n) is 4.18. The molecule has 0 aromatic rings. The lowest BCUT2D eigenvalue weighted by Gasteiger charge is -2.40. The van der Waals surface area contributed by atoms with Gasteiger partial charge in [0.25, 0.3) is 0 Å². The fourth-order valence-corrected chi connectivity index (χ4v) is 1.93. The number of rotatable bonds is 8. The molecule has 0 aromatic carbocycles. The molecular weight excluding hydrogens is 256 g/mol. The fourth-order valence-electron chi connectivity index (χ4n) is 1.93. The minimum absolute atomic E-state index is 0.0970. The molecule has 0 aromatic heterocycles. The minimum atomic E-state index is -0.976. The second-order valence-electron chi connectivity index (χ2n) is 6.62. The van der Waals surface area contributed by atoms with Gasteiger partial charge in [-0.25, -0.2) is 0 Å². The van der Waals surface area contributed by atoms with Crippen LogP contribution in [0.5, 0.6) is 0 Å². The van der Waals surface area contributed by atoms with E-state index in [-0.39, 0.29) is 11.9 Å². The summed E-state index contributed by atoms with van der Waals surface area (Å²) >= 11 is 0. The van der Waals surface area contributed by atoms with E-state index in [9.17, 15) is 14.7 Å². The van der Waals surface area contributed by atoms with Crippen LogP contribution in [0.4, 0.5) is 0 Å². The SMILES string of the molecule is CCCC(C)NC(=O)C(C)NC(C)(C)C(C)(C)C(=O)O. The van der Waals surface area contributed by atoms with Gasteiger partial charge in [-0.15, -0.1) is 0 Å². The Kier molecular flexibility index (Phi) is 6.68. The van der Waals surface area contributed by atoms with Crippen molar-refractivity contribution in [2.24, 2.45) is 5.41 Å². The molecule has 0 aliphatic rings. The Balaban J connectivity index is 4.70. The van der Waals surface area contributed by atoms with E-state index in [1.165, 1.54) is 0 Å². The monoisotopic (exact) mass is 286 g/mol.